The van der Waals surface area contributed by atoms with Crippen molar-refractivity contribution in [1.82, 2.24) is 9.80 Å². The molecule has 0 aromatic heterocycles. The number of hydrogen-bond donors (Lipinski definition) is 0. The summed E-state index contributed by atoms with van der Waals surface area (Å²) in [5.41, 5.74) is 2.10. The number of hydrogen-bond acceptors (Lipinski definition) is 4. The van der Waals surface area contributed by atoms with Crippen molar-refractivity contribution in [2.75, 3.05) is 46.9 Å². The lowest BCUT2D eigenvalue weighted by Crippen LogP contribution is -2.49. The van der Waals surface area contributed by atoms with E-state index in [1.165, 1.54) is 5.56 Å². The van der Waals surface area contributed by atoms with Crippen LogP contribution in [0.3, 0.4) is 0 Å². The number of nitrogens with zero attached hydrogens (tertiary/aromatic N) is 2. The van der Waals surface area contributed by atoms with Gasteiger partial charge < -0.3 is 14.4 Å². The summed E-state index contributed by atoms with van der Waals surface area (Å²) in [7, 11) is 3.23. The highest BCUT2D eigenvalue weighted by Crippen LogP contribution is 2.25. The molecule has 1 aliphatic heterocycles. The van der Waals surface area contributed by atoms with Crippen LogP contribution in [0.4, 0.5) is 0 Å². The van der Waals surface area contributed by atoms with Gasteiger partial charge in [-0.1, -0.05) is 48.6 Å². The molecule has 1 saturated heterocycles. The molecule has 0 unspecified atom stereocenters. The molecular weight excluding hydrogens is 352 g/mol. The van der Waals surface area contributed by atoms with E-state index in [1.807, 2.05) is 41.3 Å². The lowest BCUT2D eigenvalue weighted by atomic mass is 10.1. The smallest absolute Gasteiger partial charge is 0.227 e. The lowest BCUT2D eigenvalue weighted by Gasteiger charge is -2.34. The minimum atomic E-state index is 0.142. The average Bonchev–Trinajstić information content (AvgIpc) is 2.75. The highest BCUT2D eigenvalue weighted by molar-refractivity contribution is 5.79. The summed E-state index contributed by atoms with van der Waals surface area (Å²) in [4.78, 5) is 17.0. The van der Waals surface area contributed by atoms with Crippen LogP contribution in [0.2, 0.25) is 0 Å². The zero-order chi connectivity index (χ0) is 19.8. The Morgan fingerprint density at radius 3 is 2.43 bits per heavy atom. The molecule has 3 rings (SSSR count). The van der Waals surface area contributed by atoms with Crippen LogP contribution in [0.15, 0.2) is 54.6 Å². The predicted molar refractivity (Wildman–Crippen MR) is 112 cm³/mol. The van der Waals surface area contributed by atoms with Crippen LogP contribution in [0.5, 0.6) is 11.5 Å². The van der Waals surface area contributed by atoms with Gasteiger partial charge in [0.15, 0.2) is 0 Å². The van der Waals surface area contributed by atoms with Crippen LogP contribution in [-0.4, -0.2) is 62.7 Å². The SMILES string of the molecule is COc1ccc(CC(=O)N2CCN(C/C=C/c3ccccc3)CC2)c(OC)c1. The van der Waals surface area contributed by atoms with Crippen LogP contribution in [0.1, 0.15) is 11.1 Å². The molecule has 0 atom stereocenters. The number of carbonyl (C=O) groups excluding carboxylic acids is 1. The summed E-state index contributed by atoms with van der Waals surface area (Å²) in [6, 6.07) is 15.9. The van der Waals surface area contributed by atoms with Crippen molar-refractivity contribution in [3.63, 3.8) is 0 Å². The summed E-state index contributed by atoms with van der Waals surface area (Å²) >= 11 is 0. The molecule has 1 amide bonds. The number of rotatable bonds is 7. The second kappa shape index (κ2) is 9.95. The highest BCUT2D eigenvalue weighted by Gasteiger charge is 2.21. The predicted octanol–water partition coefficient (Wildman–Crippen LogP) is 3.10. The Kier molecular flexibility index (Phi) is 7.09. The number of piperazine rings is 1. The molecule has 0 aliphatic carbocycles. The average molecular weight is 380 g/mol. The molecule has 0 spiro atoms. The third kappa shape index (κ3) is 5.36. The van der Waals surface area contributed by atoms with E-state index in [4.69, 9.17) is 9.47 Å². The van der Waals surface area contributed by atoms with Crippen molar-refractivity contribution in [3.05, 3.63) is 65.7 Å². The monoisotopic (exact) mass is 380 g/mol. The van der Waals surface area contributed by atoms with Gasteiger partial charge in [-0.25, -0.2) is 0 Å². The molecule has 2 aromatic rings. The van der Waals surface area contributed by atoms with Gasteiger partial charge in [0.2, 0.25) is 5.91 Å². The summed E-state index contributed by atoms with van der Waals surface area (Å²) in [6.45, 7) is 4.21. The van der Waals surface area contributed by atoms with Crippen molar-refractivity contribution in [3.8, 4) is 11.5 Å². The minimum absolute atomic E-state index is 0.142. The van der Waals surface area contributed by atoms with Gasteiger partial charge in [0.1, 0.15) is 11.5 Å². The molecule has 28 heavy (non-hydrogen) atoms. The minimum Gasteiger partial charge on any atom is -0.497 e. The third-order valence-electron chi connectivity index (χ3n) is 5.03. The van der Waals surface area contributed by atoms with E-state index in [9.17, 15) is 4.79 Å². The maximum absolute atomic E-state index is 12.7. The fourth-order valence-electron chi connectivity index (χ4n) is 3.35. The fraction of sp³-hybridized carbons (Fsp3) is 0.348. The summed E-state index contributed by atoms with van der Waals surface area (Å²) < 4.78 is 10.6. The molecular formula is C23H28N2O3. The van der Waals surface area contributed by atoms with Crippen molar-refractivity contribution in [2.45, 2.75) is 6.42 Å². The molecule has 5 heteroatoms. The van der Waals surface area contributed by atoms with E-state index in [0.29, 0.717) is 12.2 Å². The fourth-order valence-corrected chi connectivity index (χ4v) is 3.35. The van der Waals surface area contributed by atoms with E-state index in [0.717, 1.165) is 44.0 Å². The van der Waals surface area contributed by atoms with E-state index in [-0.39, 0.29) is 5.91 Å². The van der Waals surface area contributed by atoms with Gasteiger partial charge in [0.25, 0.3) is 0 Å². The first-order valence-electron chi connectivity index (χ1n) is 9.62. The van der Waals surface area contributed by atoms with E-state index in [2.05, 4.69) is 29.2 Å². The Balaban J connectivity index is 1.48. The van der Waals surface area contributed by atoms with Gasteiger partial charge in [-0.15, -0.1) is 0 Å². The molecule has 2 aromatic carbocycles. The van der Waals surface area contributed by atoms with Crippen molar-refractivity contribution < 1.29 is 14.3 Å². The molecule has 0 saturated carbocycles. The van der Waals surface area contributed by atoms with Crippen molar-refractivity contribution >= 4 is 12.0 Å². The second-order valence-electron chi connectivity index (χ2n) is 6.85. The molecule has 0 radical (unpaired) electrons. The summed E-state index contributed by atoms with van der Waals surface area (Å²) in [5, 5.41) is 0. The molecule has 0 N–H and O–H groups in total. The van der Waals surface area contributed by atoms with Crippen molar-refractivity contribution in [2.24, 2.45) is 0 Å². The molecule has 1 heterocycles. The Labute approximate surface area is 167 Å². The second-order valence-corrected chi connectivity index (χ2v) is 6.85. The zero-order valence-corrected chi connectivity index (χ0v) is 16.6. The summed E-state index contributed by atoms with van der Waals surface area (Å²) in [5.74, 6) is 1.56. The maximum Gasteiger partial charge on any atom is 0.227 e. The van der Waals surface area contributed by atoms with Gasteiger partial charge >= 0.3 is 0 Å². The molecule has 5 nitrogen and oxygen atoms in total. The third-order valence-corrected chi connectivity index (χ3v) is 5.03. The van der Waals surface area contributed by atoms with Gasteiger partial charge in [0.05, 0.1) is 20.6 Å². The quantitative estimate of drug-likeness (QED) is 0.740. The van der Waals surface area contributed by atoms with Crippen LogP contribution in [-0.2, 0) is 11.2 Å². The number of carbonyl (C=O) groups is 1. The Morgan fingerprint density at radius 1 is 1.00 bits per heavy atom. The van der Waals surface area contributed by atoms with Gasteiger partial charge in [-0.3, -0.25) is 9.69 Å². The molecule has 1 fully saturated rings. The number of methoxy groups -OCH3 is 2. The van der Waals surface area contributed by atoms with Gasteiger partial charge in [-0.05, 0) is 11.6 Å². The highest BCUT2D eigenvalue weighted by atomic mass is 16.5. The van der Waals surface area contributed by atoms with Crippen LogP contribution >= 0.6 is 0 Å². The molecule has 0 bridgehead atoms. The molecule has 148 valence electrons. The standard InChI is InChI=1S/C23H28N2O3/c1-27-21-11-10-20(22(18-21)28-2)17-23(26)25-15-13-24(14-16-25)12-6-9-19-7-4-3-5-8-19/h3-11,18H,12-17H2,1-2H3/b9-6+. The topological polar surface area (TPSA) is 42.0 Å². The molecule has 1 aliphatic rings. The van der Waals surface area contributed by atoms with Crippen LogP contribution < -0.4 is 9.47 Å². The Hall–Kier alpha value is -2.79. The van der Waals surface area contributed by atoms with Crippen LogP contribution in [0.25, 0.3) is 6.08 Å². The number of ether oxygens (including phenoxy) is 2. The maximum atomic E-state index is 12.7. The Morgan fingerprint density at radius 2 is 1.75 bits per heavy atom. The Bertz CT molecular complexity index is 797. The van der Waals surface area contributed by atoms with E-state index in [1.54, 1.807) is 14.2 Å². The van der Waals surface area contributed by atoms with Crippen molar-refractivity contribution in [1.29, 1.82) is 0 Å². The van der Waals surface area contributed by atoms with Gasteiger partial charge in [0, 0.05) is 44.4 Å². The number of amides is 1. The van der Waals surface area contributed by atoms with Gasteiger partial charge in [-0.2, -0.15) is 0 Å². The first-order valence-corrected chi connectivity index (χ1v) is 9.62. The largest absolute Gasteiger partial charge is 0.497 e. The van der Waals surface area contributed by atoms with Crippen LogP contribution in [0, 0.1) is 0 Å². The first kappa shape index (κ1) is 20.0. The zero-order valence-electron chi connectivity index (χ0n) is 16.6. The van der Waals surface area contributed by atoms with E-state index < -0.39 is 0 Å². The first-order chi connectivity index (χ1) is 13.7. The summed E-state index contributed by atoms with van der Waals surface area (Å²) in [6.07, 6.45) is 4.68. The van der Waals surface area contributed by atoms with E-state index >= 15 is 0 Å². The lowest BCUT2D eigenvalue weighted by molar-refractivity contribution is -0.132. The number of benzene rings is 2. The normalized spacial score (nSPS) is 15.0.